The van der Waals surface area contributed by atoms with E-state index in [1.807, 2.05) is 12.1 Å². The first kappa shape index (κ1) is 13.1. The minimum absolute atomic E-state index is 0.110. The Labute approximate surface area is 116 Å². The number of hydrogen-bond acceptors (Lipinski definition) is 0. The molecule has 104 valence electrons. The molecule has 4 atom stereocenters. The van der Waals surface area contributed by atoms with Crippen LogP contribution in [0.25, 0.3) is 0 Å². The number of rotatable bonds is 2. The van der Waals surface area contributed by atoms with Crippen LogP contribution in [0.2, 0.25) is 0 Å². The van der Waals surface area contributed by atoms with Gasteiger partial charge in [0.2, 0.25) is 0 Å². The van der Waals surface area contributed by atoms with Crippen molar-refractivity contribution in [1.82, 2.24) is 0 Å². The third-order valence-corrected chi connectivity index (χ3v) is 5.64. The summed E-state index contributed by atoms with van der Waals surface area (Å²) in [4.78, 5) is 0. The predicted octanol–water partition coefficient (Wildman–Crippen LogP) is 5.54. The summed E-state index contributed by atoms with van der Waals surface area (Å²) in [6.07, 6.45) is 9.75. The van der Waals surface area contributed by atoms with Gasteiger partial charge >= 0.3 is 0 Å². The monoisotopic (exact) mass is 260 g/mol. The topological polar surface area (TPSA) is 0 Å². The van der Waals surface area contributed by atoms with E-state index in [1.165, 1.54) is 50.5 Å². The van der Waals surface area contributed by atoms with Gasteiger partial charge in [0.1, 0.15) is 5.82 Å². The van der Waals surface area contributed by atoms with Gasteiger partial charge in [0.05, 0.1) is 0 Å². The average molecular weight is 260 g/mol. The summed E-state index contributed by atoms with van der Waals surface area (Å²) >= 11 is 0. The third kappa shape index (κ3) is 2.85. The minimum atomic E-state index is -0.110. The van der Waals surface area contributed by atoms with Gasteiger partial charge in [-0.25, -0.2) is 4.39 Å². The summed E-state index contributed by atoms with van der Waals surface area (Å²) in [7, 11) is 0. The Morgan fingerprint density at radius 2 is 1.63 bits per heavy atom. The van der Waals surface area contributed by atoms with E-state index >= 15 is 0 Å². The van der Waals surface area contributed by atoms with Crippen LogP contribution in [-0.2, 0) is 0 Å². The van der Waals surface area contributed by atoms with Crippen molar-refractivity contribution >= 4 is 0 Å². The van der Waals surface area contributed by atoms with Gasteiger partial charge in [0.25, 0.3) is 0 Å². The molecular weight excluding hydrogens is 235 g/mol. The lowest BCUT2D eigenvalue weighted by Gasteiger charge is -2.42. The van der Waals surface area contributed by atoms with Crippen LogP contribution in [0.1, 0.15) is 63.4 Å². The van der Waals surface area contributed by atoms with Gasteiger partial charge in [-0.05, 0) is 73.5 Å². The van der Waals surface area contributed by atoms with E-state index in [-0.39, 0.29) is 5.82 Å². The first-order valence-corrected chi connectivity index (χ1v) is 8.01. The molecule has 2 fully saturated rings. The zero-order chi connectivity index (χ0) is 13.2. The second-order valence-electron chi connectivity index (χ2n) is 6.67. The third-order valence-electron chi connectivity index (χ3n) is 5.64. The standard InChI is InChI=1S/C18H25F/c1-2-13-3-4-17-12-16(6-5-15(17)11-13)14-7-9-18(19)10-8-14/h7-10,13,15-17H,2-6,11-12H2,1H3. The highest BCUT2D eigenvalue weighted by Gasteiger charge is 2.35. The van der Waals surface area contributed by atoms with E-state index in [1.54, 1.807) is 12.1 Å². The molecular formula is C18H25F. The molecule has 1 heteroatoms. The lowest BCUT2D eigenvalue weighted by Crippen LogP contribution is -2.30. The van der Waals surface area contributed by atoms with Gasteiger partial charge in [0, 0.05) is 0 Å². The largest absolute Gasteiger partial charge is 0.207 e. The van der Waals surface area contributed by atoms with Gasteiger partial charge in [-0.1, -0.05) is 31.9 Å². The molecule has 0 bridgehead atoms. The minimum Gasteiger partial charge on any atom is -0.207 e. The molecule has 4 unspecified atom stereocenters. The van der Waals surface area contributed by atoms with Crippen LogP contribution in [0.15, 0.2) is 24.3 Å². The Bertz CT molecular complexity index is 408. The second-order valence-corrected chi connectivity index (χ2v) is 6.67. The summed E-state index contributed by atoms with van der Waals surface area (Å²) < 4.78 is 13.0. The Balaban J connectivity index is 1.65. The summed E-state index contributed by atoms with van der Waals surface area (Å²) in [6, 6.07) is 7.24. The van der Waals surface area contributed by atoms with Gasteiger partial charge in [0.15, 0.2) is 0 Å². The fourth-order valence-electron chi connectivity index (χ4n) is 4.39. The van der Waals surface area contributed by atoms with E-state index in [0.29, 0.717) is 5.92 Å². The van der Waals surface area contributed by atoms with Crippen molar-refractivity contribution in [3.8, 4) is 0 Å². The number of benzene rings is 1. The fraction of sp³-hybridized carbons (Fsp3) is 0.667. The van der Waals surface area contributed by atoms with Crippen molar-refractivity contribution in [3.63, 3.8) is 0 Å². The maximum absolute atomic E-state index is 13.0. The molecule has 2 saturated carbocycles. The van der Waals surface area contributed by atoms with Crippen molar-refractivity contribution in [1.29, 1.82) is 0 Å². The number of hydrogen-bond donors (Lipinski definition) is 0. The first-order valence-electron chi connectivity index (χ1n) is 8.01. The quantitative estimate of drug-likeness (QED) is 0.655. The molecule has 0 aliphatic heterocycles. The molecule has 19 heavy (non-hydrogen) atoms. The van der Waals surface area contributed by atoms with E-state index in [2.05, 4.69) is 6.92 Å². The van der Waals surface area contributed by atoms with Crippen molar-refractivity contribution in [2.75, 3.05) is 0 Å². The van der Waals surface area contributed by atoms with Crippen LogP contribution in [0.3, 0.4) is 0 Å². The summed E-state index contributed by atoms with van der Waals surface area (Å²) in [5.41, 5.74) is 1.36. The average Bonchev–Trinajstić information content (AvgIpc) is 2.47. The van der Waals surface area contributed by atoms with Crippen LogP contribution >= 0.6 is 0 Å². The molecule has 0 N–H and O–H groups in total. The second kappa shape index (κ2) is 5.64. The normalized spacial score (nSPS) is 34.8. The SMILES string of the molecule is CCC1CCC2CC(c3ccc(F)cc3)CCC2C1. The number of halogens is 1. The lowest BCUT2D eigenvalue weighted by atomic mass is 9.63. The van der Waals surface area contributed by atoms with Crippen LogP contribution in [-0.4, -0.2) is 0 Å². The Morgan fingerprint density at radius 3 is 2.37 bits per heavy atom. The Morgan fingerprint density at radius 1 is 0.947 bits per heavy atom. The molecule has 3 rings (SSSR count). The predicted molar refractivity (Wildman–Crippen MR) is 77.6 cm³/mol. The maximum Gasteiger partial charge on any atom is 0.123 e. The molecule has 0 saturated heterocycles. The van der Waals surface area contributed by atoms with Crippen LogP contribution in [0.5, 0.6) is 0 Å². The molecule has 1 aromatic rings. The van der Waals surface area contributed by atoms with Crippen molar-refractivity contribution in [2.45, 2.75) is 57.8 Å². The van der Waals surface area contributed by atoms with Crippen LogP contribution in [0, 0.1) is 23.6 Å². The summed E-state index contributed by atoms with van der Waals surface area (Å²) in [5, 5.41) is 0. The van der Waals surface area contributed by atoms with E-state index in [4.69, 9.17) is 0 Å². The molecule has 0 amide bonds. The summed E-state index contributed by atoms with van der Waals surface area (Å²) in [5.74, 6) is 3.48. The molecule has 2 aliphatic rings. The molecule has 0 spiro atoms. The van der Waals surface area contributed by atoms with Crippen molar-refractivity contribution < 1.29 is 4.39 Å². The first-order chi connectivity index (χ1) is 9.26. The van der Waals surface area contributed by atoms with Gasteiger partial charge < -0.3 is 0 Å². The highest BCUT2D eigenvalue weighted by atomic mass is 19.1. The lowest BCUT2D eigenvalue weighted by molar-refractivity contribution is 0.116. The van der Waals surface area contributed by atoms with Crippen LogP contribution < -0.4 is 0 Å². The molecule has 0 nitrogen and oxygen atoms in total. The Hall–Kier alpha value is -0.850. The van der Waals surface area contributed by atoms with Gasteiger partial charge in [-0.2, -0.15) is 0 Å². The van der Waals surface area contributed by atoms with Crippen molar-refractivity contribution in [3.05, 3.63) is 35.6 Å². The smallest absolute Gasteiger partial charge is 0.123 e. The summed E-state index contributed by atoms with van der Waals surface area (Å²) in [6.45, 7) is 2.34. The van der Waals surface area contributed by atoms with E-state index in [9.17, 15) is 4.39 Å². The highest BCUT2D eigenvalue weighted by molar-refractivity contribution is 5.21. The molecule has 0 heterocycles. The molecule has 0 radical (unpaired) electrons. The highest BCUT2D eigenvalue weighted by Crippen LogP contribution is 2.48. The van der Waals surface area contributed by atoms with Crippen LogP contribution in [0.4, 0.5) is 4.39 Å². The zero-order valence-corrected chi connectivity index (χ0v) is 11.9. The molecule has 2 aliphatic carbocycles. The van der Waals surface area contributed by atoms with Gasteiger partial charge in [-0.3, -0.25) is 0 Å². The molecule has 1 aromatic carbocycles. The fourth-order valence-corrected chi connectivity index (χ4v) is 4.39. The van der Waals surface area contributed by atoms with Crippen molar-refractivity contribution in [2.24, 2.45) is 17.8 Å². The van der Waals surface area contributed by atoms with E-state index < -0.39 is 0 Å². The Kier molecular flexibility index (Phi) is 3.91. The van der Waals surface area contributed by atoms with Gasteiger partial charge in [-0.15, -0.1) is 0 Å². The number of fused-ring (bicyclic) bond motifs is 1. The molecule has 0 aromatic heterocycles. The van der Waals surface area contributed by atoms with E-state index in [0.717, 1.165) is 17.8 Å². The zero-order valence-electron chi connectivity index (χ0n) is 11.9. The maximum atomic E-state index is 13.0.